The van der Waals surface area contributed by atoms with Crippen molar-refractivity contribution in [2.75, 3.05) is 7.05 Å². The van der Waals surface area contributed by atoms with Crippen LogP contribution in [0.15, 0.2) is 34.2 Å². The van der Waals surface area contributed by atoms with Crippen LogP contribution in [0.5, 0.6) is 0 Å². The molecule has 2 aliphatic heterocycles. The molecule has 4 N–H and O–H groups in total. The minimum Gasteiger partial charge on any atom is -0.359 e. The average Bonchev–Trinajstić information content (AvgIpc) is 3.06. The summed E-state index contributed by atoms with van der Waals surface area (Å²) < 4.78 is 27.6. The molecule has 1 saturated heterocycles. The lowest BCUT2D eigenvalue weighted by Crippen LogP contribution is -2.46. The fourth-order valence-corrected chi connectivity index (χ4v) is 7.00. The Morgan fingerprint density at radius 2 is 1.89 bits per heavy atom. The van der Waals surface area contributed by atoms with Gasteiger partial charge in [-0.15, -0.1) is 11.8 Å². The van der Waals surface area contributed by atoms with Gasteiger partial charge in [-0.25, -0.2) is 13.1 Å². The molecule has 1 aromatic rings. The van der Waals surface area contributed by atoms with E-state index in [9.17, 15) is 13.2 Å². The first-order valence-corrected chi connectivity index (χ1v) is 11.7. The van der Waals surface area contributed by atoms with Crippen molar-refractivity contribution in [2.45, 2.75) is 54.3 Å². The SMILES string of the molecule is CNC(=O)C1C=NC(N)C2CC(c3ccc(S(=O)(=O)NC(C)(C)C)cc3)SC12. The summed E-state index contributed by atoms with van der Waals surface area (Å²) in [6, 6.07) is 6.98. The summed E-state index contributed by atoms with van der Waals surface area (Å²) in [6.45, 7) is 5.43. The van der Waals surface area contributed by atoms with Crippen molar-refractivity contribution >= 4 is 33.9 Å². The van der Waals surface area contributed by atoms with Gasteiger partial charge in [0.2, 0.25) is 15.9 Å². The number of carbonyl (C=O) groups is 1. The fraction of sp³-hybridized carbons (Fsp3) is 0.579. The van der Waals surface area contributed by atoms with Gasteiger partial charge in [0.1, 0.15) is 6.17 Å². The molecule has 154 valence electrons. The smallest absolute Gasteiger partial charge is 0.241 e. The Balaban J connectivity index is 1.78. The molecule has 1 aromatic carbocycles. The molecular weight excluding hydrogens is 396 g/mol. The summed E-state index contributed by atoms with van der Waals surface area (Å²) in [5.41, 5.74) is 6.67. The molecule has 0 bridgehead atoms. The van der Waals surface area contributed by atoms with E-state index in [0.717, 1.165) is 12.0 Å². The molecule has 1 amide bonds. The summed E-state index contributed by atoms with van der Waals surface area (Å²) >= 11 is 1.73. The number of hydrogen-bond donors (Lipinski definition) is 3. The van der Waals surface area contributed by atoms with E-state index in [0.29, 0.717) is 0 Å². The van der Waals surface area contributed by atoms with Gasteiger partial charge in [-0.2, -0.15) is 0 Å². The molecule has 0 aromatic heterocycles. The number of rotatable bonds is 4. The predicted octanol–water partition coefficient (Wildman–Crippen LogP) is 1.66. The van der Waals surface area contributed by atoms with E-state index in [1.807, 2.05) is 32.9 Å². The number of benzene rings is 1. The van der Waals surface area contributed by atoms with Crippen LogP contribution in [0.25, 0.3) is 0 Å². The van der Waals surface area contributed by atoms with Crippen LogP contribution in [-0.2, 0) is 14.8 Å². The van der Waals surface area contributed by atoms with Crippen LogP contribution in [0.3, 0.4) is 0 Å². The van der Waals surface area contributed by atoms with E-state index in [2.05, 4.69) is 15.0 Å². The summed E-state index contributed by atoms with van der Waals surface area (Å²) in [7, 11) is -1.93. The lowest BCUT2D eigenvalue weighted by atomic mass is 9.85. The topological polar surface area (TPSA) is 114 Å². The molecule has 1 fully saturated rings. The Morgan fingerprint density at radius 3 is 2.46 bits per heavy atom. The molecule has 7 nitrogen and oxygen atoms in total. The molecule has 0 spiro atoms. The van der Waals surface area contributed by atoms with E-state index >= 15 is 0 Å². The maximum Gasteiger partial charge on any atom is 0.241 e. The van der Waals surface area contributed by atoms with Crippen molar-refractivity contribution < 1.29 is 13.2 Å². The third-order valence-corrected chi connectivity index (χ3v) is 8.52. The van der Waals surface area contributed by atoms with E-state index < -0.39 is 15.6 Å². The Morgan fingerprint density at radius 1 is 1.25 bits per heavy atom. The van der Waals surface area contributed by atoms with E-state index in [-0.39, 0.29) is 39.3 Å². The third-order valence-electron chi connectivity index (χ3n) is 4.99. The Kier molecular flexibility index (Phi) is 5.91. The predicted molar refractivity (Wildman–Crippen MR) is 113 cm³/mol. The highest BCUT2D eigenvalue weighted by Crippen LogP contribution is 2.52. The van der Waals surface area contributed by atoms with Crippen molar-refractivity contribution in [3.05, 3.63) is 29.8 Å². The van der Waals surface area contributed by atoms with Crippen molar-refractivity contribution in [3.8, 4) is 0 Å². The number of carbonyl (C=O) groups excluding carboxylic acids is 1. The first-order chi connectivity index (χ1) is 13.0. The quantitative estimate of drug-likeness (QED) is 0.680. The van der Waals surface area contributed by atoms with Crippen LogP contribution in [0.2, 0.25) is 0 Å². The monoisotopic (exact) mass is 424 g/mol. The number of sulfonamides is 1. The van der Waals surface area contributed by atoms with E-state index in [1.165, 1.54) is 0 Å². The first kappa shape index (κ1) is 21.3. The highest BCUT2D eigenvalue weighted by molar-refractivity contribution is 8.00. The maximum absolute atomic E-state index is 12.5. The van der Waals surface area contributed by atoms with Gasteiger partial charge in [-0.1, -0.05) is 12.1 Å². The summed E-state index contributed by atoms with van der Waals surface area (Å²) in [4.78, 5) is 16.8. The third kappa shape index (κ3) is 4.42. The van der Waals surface area contributed by atoms with Crippen LogP contribution in [-0.4, -0.2) is 44.5 Å². The Hall–Kier alpha value is -1.42. The molecule has 28 heavy (non-hydrogen) atoms. The van der Waals surface area contributed by atoms with Gasteiger partial charge in [0.05, 0.1) is 10.8 Å². The highest BCUT2D eigenvalue weighted by Gasteiger charge is 2.46. The van der Waals surface area contributed by atoms with Crippen LogP contribution >= 0.6 is 11.8 Å². The second-order valence-corrected chi connectivity index (χ2v) is 11.4. The molecule has 2 heterocycles. The van der Waals surface area contributed by atoms with Gasteiger partial charge in [-0.3, -0.25) is 9.79 Å². The molecular formula is C19H28N4O3S2. The van der Waals surface area contributed by atoms with Crippen molar-refractivity contribution in [1.82, 2.24) is 10.0 Å². The number of amides is 1. The second kappa shape index (κ2) is 7.78. The van der Waals surface area contributed by atoms with Crippen molar-refractivity contribution in [3.63, 3.8) is 0 Å². The van der Waals surface area contributed by atoms with E-state index in [4.69, 9.17) is 5.73 Å². The molecule has 0 radical (unpaired) electrons. The van der Waals surface area contributed by atoms with Gasteiger partial charge < -0.3 is 11.1 Å². The number of hydrogen-bond acceptors (Lipinski definition) is 6. The minimum atomic E-state index is -3.56. The van der Waals surface area contributed by atoms with Crippen LogP contribution in [0, 0.1) is 11.8 Å². The summed E-state index contributed by atoms with van der Waals surface area (Å²) in [5.74, 6) is -0.220. The highest BCUT2D eigenvalue weighted by atomic mass is 32.2. The maximum atomic E-state index is 12.5. The number of nitrogens with two attached hydrogens (primary N) is 1. The molecule has 5 unspecified atom stereocenters. The number of thioether (sulfide) groups is 1. The van der Waals surface area contributed by atoms with Gasteiger partial charge in [-0.05, 0) is 44.9 Å². The standard InChI is InChI=1S/C19H28N4O3S2/c1-19(2,3)23-28(25,26)12-7-5-11(6-8-12)15-9-13-16(27-15)14(18(24)21-4)10-22-17(13)20/h5-8,10,13-17,23H,9,20H2,1-4H3,(H,21,24). The zero-order valence-electron chi connectivity index (χ0n) is 16.5. The molecule has 3 rings (SSSR count). The summed E-state index contributed by atoms with van der Waals surface area (Å²) in [6.07, 6.45) is 2.18. The van der Waals surface area contributed by atoms with Gasteiger partial charge in [0, 0.05) is 35.2 Å². The lowest BCUT2D eigenvalue weighted by molar-refractivity contribution is -0.122. The van der Waals surface area contributed by atoms with Crippen LogP contribution in [0.4, 0.5) is 0 Å². The van der Waals surface area contributed by atoms with E-state index in [1.54, 1.807) is 37.2 Å². The minimum absolute atomic E-state index is 0.0477. The lowest BCUT2D eigenvalue weighted by Gasteiger charge is -2.30. The van der Waals surface area contributed by atoms with Crippen molar-refractivity contribution in [1.29, 1.82) is 0 Å². The van der Waals surface area contributed by atoms with Crippen LogP contribution in [0.1, 0.15) is 38.0 Å². The molecule has 0 saturated carbocycles. The summed E-state index contributed by atoms with van der Waals surface area (Å²) in [5, 5.41) is 2.93. The number of nitrogens with one attached hydrogen (secondary N) is 2. The zero-order valence-corrected chi connectivity index (χ0v) is 18.2. The molecule has 5 atom stereocenters. The number of nitrogens with zero attached hydrogens (tertiary/aromatic N) is 1. The van der Waals surface area contributed by atoms with Gasteiger partial charge in [0.15, 0.2) is 0 Å². The average molecular weight is 425 g/mol. The van der Waals surface area contributed by atoms with Crippen LogP contribution < -0.4 is 15.8 Å². The Bertz CT molecular complexity index is 862. The number of aliphatic imine (C=N–C) groups is 1. The Labute approximate surface area is 171 Å². The second-order valence-electron chi connectivity index (χ2n) is 8.34. The van der Waals surface area contributed by atoms with Gasteiger partial charge >= 0.3 is 0 Å². The van der Waals surface area contributed by atoms with Crippen molar-refractivity contribution in [2.24, 2.45) is 22.6 Å². The normalized spacial score (nSPS) is 30.1. The molecule has 9 heteroatoms. The van der Waals surface area contributed by atoms with Gasteiger partial charge in [0.25, 0.3) is 0 Å². The fourth-order valence-electron chi connectivity index (χ4n) is 3.72. The zero-order chi connectivity index (χ0) is 20.7. The molecule has 2 aliphatic rings. The largest absolute Gasteiger partial charge is 0.359 e. The number of fused-ring (bicyclic) bond motifs is 1. The first-order valence-electron chi connectivity index (χ1n) is 9.32. The molecule has 0 aliphatic carbocycles.